The molecule has 2 N–H and O–H groups in total. The van der Waals surface area contributed by atoms with Gasteiger partial charge in [-0.05, 0) is 42.9 Å². The minimum Gasteiger partial charge on any atom is -0.481 e. The van der Waals surface area contributed by atoms with Crippen LogP contribution in [0.2, 0.25) is 0 Å². The molecule has 24 heavy (non-hydrogen) atoms. The molecule has 132 valence electrons. The summed E-state index contributed by atoms with van der Waals surface area (Å²) in [5, 5.41) is 9.20. The molecule has 0 aromatic heterocycles. The number of carboxylic acid groups (broad SMARTS) is 1. The number of aryl methyl sites for hydroxylation is 1. The number of Topliss-reactive ketones (excluding diaryl/α,β-unsaturated/α-hetero) is 1. The van der Waals surface area contributed by atoms with Crippen LogP contribution in [0.5, 0.6) is 0 Å². The Labute approximate surface area is 142 Å². The molecule has 1 aliphatic rings. The van der Waals surface area contributed by atoms with Crippen LogP contribution in [-0.4, -0.2) is 31.8 Å². The van der Waals surface area contributed by atoms with E-state index in [4.69, 9.17) is 0 Å². The van der Waals surface area contributed by atoms with E-state index in [1.54, 1.807) is 6.07 Å². The molecular weight excluding hydrogens is 330 g/mol. The van der Waals surface area contributed by atoms with E-state index in [1.807, 2.05) is 13.8 Å². The van der Waals surface area contributed by atoms with Gasteiger partial charge in [-0.3, -0.25) is 9.59 Å². The summed E-state index contributed by atoms with van der Waals surface area (Å²) >= 11 is 0. The Hall–Kier alpha value is -1.73. The average molecular weight is 353 g/mol. The van der Waals surface area contributed by atoms with Gasteiger partial charge in [0.05, 0.1) is 10.8 Å². The second-order valence-corrected chi connectivity index (χ2v) is 8.38. The number of aliphatic carboxylic acids is 1. The van der Waals surface area contributed by atoms with Crippen LogP contribution in [0.15, 0.2) is 23.1 Å². The summed E-state index contributed by atoms with van der Waals surface area (Å²) in [6, 6.07) is 4.54. The molecule has 6 nitrogen and oxygen atoms in total. The molecule has 0 bridgehead atoms. The number of nitrogens with one attached hydrogen (secondary N) is 1. The fraction of sp³-hybridized carbons (Fsp3) is 0.529. The SMILES string of the molecule is CC(C)CC(CNS(=O)(=O)c1ccc2c(c1)C(=O)CCC2)C(=O)O. The summed E-state index contributed by atoms with van der Waals surface area (Å²) < 4.78 is 27.2. The van der Waals surface area contributed by atoms with E-state index in [-0.39, 0.29) is 23.1 Å². The Morgan fingerprint density at radius 2 is 2.00 bits per heavy atom. The zero-order valence-electron chi connectivity index (χ0n) is 13.9. The number of ketones is 1. The van der Waals surface area contributed by atoms with Crippen LogP contribution in [0.3, 0.4) is 0 Å². The molecule has 0 aliphatic heterocycles. The highest BCUT2D eigenvalue weighted by Gasteiger charge is 2.25. The Balaban J connectivity index is 2.17. The lowest BCUT2D eigenvalue weighted by Gasteiger charge is -2.17. The molecule has 1 aliphatic carbocycles. The lowest BCUT2D eigenvalue weighted by Crippen LogP contribution is -2.33. The number of fused-ring (bicyclic) bond motifs is 1. The largest absolute Gasteiger partial charge is 0.481 e. The van der Waals surface area contributed by atoms with Crippen molar-refractivity contribution in [3.63, 3.8) is 0 Å². The molecule has 0 fully saturated rings. The molecule has 7 heteroatoms. The van der Waals surface area contributed by atoms with E-state index in [1.165, 1.54) is 12.1 Å². The average Bonchev–Trinajstić information content (AvgIpc) is 2.51. The first kappa shape index (κ1) is 18.6. The predicted octanol–water partition coefficient (Wildman–Crippen LogP) is 2.23. The van der Waals surface area contributed by atoms with Gasteiger partial charge < -0.3 is 5.11 Å². The number of carboxylic acids is 1. The summed E-state index contributed by atoms with van der Waals surface area (Å²) in [4.78, 5) is 23.2. The molecule has 0 saturated heterocycles. The molecular formula is C17H23NO5S. The van der Waals surface area contributed by atoms with Gasteiger partial charge in [0, 0.05) is 18.5 Å². The molecule has 1 unspecified atom stereocenters. The standard InChI is InChI=1S/C17H23NO5S/c1-11(2)8-13(17(20)21)10-18-24(22,23)14-7-6-12-4-3-5-16(19)15(12)9-14/h6-7,9,11,13,18H,3-5,8,10H2,1-2H3,(H,20,21). The maximum Gasteiger partial charge on any atom is 0.307 e. The lowest BCUT2D eigenvalue weighted by molar-refractivity contribution is -0.142. The third-order valence-corrected chi connectivity index (χ3v) is 5.59. The van der Waals surface area contributed by atoms with Gasteiger partial charge in [-0.25, -0.2) is 13.1 Å². The van der Waals surface area contributed by atoms with Crippen molar-refractivity contribution in [3.05, 3.63) is 29.3 Å². The molecule has 2 rings (SSSR count). The van der Waals surface area contributed by atoms with Crippen molar-refractivity contribution >= 4 is 21.8 Å². The van der Waals surface area contributed by atoms with Crippen molar-refractivity contribution in [2.24, 2.45) is 11.8 Å². The van der Waals surface area contributed by atoms with Crippen molar-refractivity contribution in [1.82, 2.24) is 4.72 Å². The number of hydrogen-bond acceptors (Lipinski definition) is 4. The molecule has 0 spiro atoms. The first-order valence-corrected chi connectivity index (χ1v) is 9.57. The van der Waals surface area contributed by atoms with Gasteiger partial charge in [-0.15, -0.1) is 0 Å². The van der Waals surface area contributed by atoms with Crippen LogP contribution in [0.25, 0.3) is 0 Å². The fourth-order valence-corrected chi connectivity index (χ4v) is 4.02. The second-order valence-electron chi connectivity index (χ2n) is 6.61. The Kier molecular flexibility index (Phi) is 5.77. The molecule has 1 atom stereocenters. The Morgan fingerprint density at radius 1 is 1.29 bits per heavy atom. The molecule has 0 saturated carbocycles. The zero-order valence-corrected chi connectivity index (χ0v) is 14.7. The summed E-state index contributed by atoms with van der Waals surface area (Å²) in [6.45, 7) is 3.61. The second kappa shape index (κ2) is 7.44. The van der Waals surface area contributed by atoms with Crippen molar-refractivity contribution < 1.29 is 23.1 Å². The number of rotatable bonds is 7. The topological polar surface area (TPSA) is 101 Å². The van der Waals surface area contributed by atoms with Crippen LogP contribution in [0.4, 0.5) is 0 Å². The van der Waals surface area contributed by atoms with Gasteiger partial charge in [0.25, 0.3) is 0 Å². The molecule has 1 aromatic rings. The van der Waals surface area contributed by atoms with Gasteiger partial charge in [-0.1, -0.05) is 19.9 Å². The van der Waals surface area contributed by atoms with E-state index in [0.29, 0.717) is 18.4 Å². The normalized spacial score (nSPS) is 16.0. The highest BCUT2D eigenvalue weighted by Crippen LogP contribution is 2.24. The lowest BCUT2D eigenvalue weighted by atomic mass is 9.91. The predicted molar refractivity (Wildman–Crippen MR) is 89.5 cm³/mol. The van der Waals surface area contributed by atoms with Crippen molar-refractivity contribution in [3.8, 4) is 0 Å². The van der Waals surface area contributed by atoms with E-state index in [0.717, 1.165) is 18.4 Å². The molecule has 1 aromatic carbocycles. The highest BCUT2D eigenvalue weighted by atomic mass is 32.2. The van der Waals surface area contributed by atoms with Gasteiger partial charge in [-0.2, -0.15) is 0 Å². The minimum atomic E-state index is -3.85. The van der Waals surface area contributed by atoms with Gasteiger partial charge in [0.15, 0.2) is 5.78 Å². The third-order valence-electron chi connectivity index (χ3n) is 4.17. The Bertz CT molecular complexity index is 739. The Morgan fingerprint density at radius 3 is 2.62 bits per heavy atom. The maximum absolute atomic E-state index is 12.4. The van der Waals surface area contributed by atoms with Gasteiger partial charge in [0.2, 0.25) is 10.0 Å². The van der Waals surface area contributed by atoms with E-state index >= 15 is 0 Å². The monoisotopic (exact) mass is 353 g/mol. The van der Waals surface area contributed by atoms with Crippen LogP contribution in [0, 0.1) is 11.8 Å². The van der Waals surface area contributed by atoms with Crippen LogP contribution >= 0.6 is 0 Å². The summed E-state index contributed by atoms with van der Waals surface area (Å²) in [6.07, 6.45) is 2.37. The molecule has 0 heterocycles. The van der Waals surface area contributed by atoms with Gasteiger partial charge >= 0.3 is 5.97 Å². The summed E-state index contributed by atoms with van der Waals surface area (Å²) in [5.74, 6) is -1.69. The fourth-order valence-electron chi connectivity index (χ4n) is 2.91. The smallest absolute Gasteiger partial charge is 0.307 e. The minimum absolute atomic E-state index is 0.00480. The first-order valence-electron chi connectivity index (χ1n) is 8.09. The number of hydrogen-bond donors (Lipinski definition) is 2. The quantitative estimate of drug-likeness (QED) is 0.783. The van der Waals surface area contributed by atoms with Crippen molar-refractivity contribution in [2.45, 2.75) is 44.4 Å². The number of carbonyl (C=O) groups excluding carboxylic acids is 1. The number of benzene rings is 1. The van der Waals surface area contributed by atoms with Crippen molar-refractivity contribution in [1.29, 1.82) is 0 Å². The maximum atomic E-state index is 12.4. The van der Waals surface area contributed by atoms with Crippen LogP contribution < -0.4 is 4.72 Å². The highest BCUT2D eigenvalue weighted by molar-refractivity contribution is 7.89. The summed E-state index contributed by atoms with van der Waals surface area (Å²) in [7, 11) is -3.85. The first-order chi connectivity index (χ1) is 11.2. The zero-order chi connectivity index (χ0) is 17.9. The van der Waals surface area contributed by atoms with Crippen LogP contribution in [-0.2, 0) is 21.2 Å². The van der Waals surface area contributed by atoms with Crippen LogP contribution in [0.1, 0.15) is 49.0 Å². The number of carbonyl (C=O) groups is 2. The molecule has 0 radical (unpaired) electrons. The number of sulfonamides is 1. The van der Waals surface area contributed by atoms with E-state index < -0.39 is 21.9 Å². The van der Waals surface area contributed by atoms with Gasteiger partial charge in [0.1, 0.15) is 0 Å². The third kappa shape index (κ3) is 4.42. The summed E-state index contributed by atoms with van der Waals surface area (Å²) in [5.41, 5.74) is 1.33. The van der Waals surface area contributed by atoms with E-state index in [2.05, 4.69) is 4.72 Å². The molecule has 0 amide bonds. The van der Waals surface area contributed by atoms with E-state index in [9.17, 15) is 23.1 Å². The van der Waals surface area contributed by atoms with Crippen molar-refractivity contribution in [2.75, 3.05) is 6.54 Å².